The molecule has 140 valence electrons. The molecule has 2 N–H and O–H groups in total. The van der Waals surface area contributed by atoms with Crippen molar-refractivity contribution in [2.24, 2.45) is 10.2 Å². The maximum absolute atomic E-state index is 13.2. The van der Waals surface area contributed by atoms with Gasteiger partial charge in [0.25, 0.3) is 0 Å². The highest BCUT2D eigenvalue weighted by molar-refractivity contribution is 6.32. The van der Waals surface area contributed by atoms with Crippen LogP contribution >= 0.6 is 23.2 Å². The summed E-state index contributed by atoms with van der Waals surface area (Å²) in [6.45, 7) is 0. The molecule has 3 heterocycles. The molecule has 0 aliphatic carbocycles. The summed E-state index contributed by atoms with van der Waals surface area (Å²) in [5, 5.41) is 9.46. The minimum Gasteiger partial charge on any atom is -0.383 e. The number of nitrogens with two attached hydrogens (primary N) is 1. The Hall–Kier alpha value is -2.15. The fourth-order valence-electron chi connectivity index (χ4n) is 2.18. The van der Waals surface area contributed by atoms with Crippen LogP contribution in [0, 0.1) is 0 Å². The number of nitrogen functional groups attached to an aromatic ring is 1. The van der Waals surface area contributed by atoms with Crippen molar-refractivity contribution in [1.29, 1.82) is 0 Å². The van der Waals surface area contributed by atoms with E-state index in [2.05, 4.69) is 25.3 Å². The molecule has 1 unspecified atom stereocenters. The Labute approximate surface area is 149 Å². The van der Waals surface area contributed by atoms with Crippen LogP contribution in [0.4, 0.5) is 32.2 Å². The van der Waals surface area contributed by atoms with Crippen molar-refractivity contribution in [3.8, 4) is 0 Å². The molecule has 0 saturated carbocycles. The Morgan fingerprint density at radius 1 is 1.08 bits per heavy atom. The normalized spacial score (nSPS) is 18.8. The fraction of sp³-hybridized carbons (Fsp3) is 0.364. The van der Waals surface area contributed by atoms with Crippen molar-refractivity contribution in [2.45, 2.75) is 24.3 Å². The first-order chi connectivity index (χ1) is 11.9. The minimum absolute atomic E-state index is 0.0427. The lowest BCUT2D eigenvalue weighted by Gasteiger charge is -2.14. The van der Waals surface area contributed by atoms with Gasteiger partial charge >= 0.3 is 12.4 Å². The second-order valence-electron chi connectivity index (χ2n) is 4.98. The second-order valence-corrected chi connectivity index (χ2v) is 5.84. The van der Waals surface area contributed by atoms with Crippen LogP contribution in [0.25, 0.3) is 16.7 Å². The molecule has 0 fully saturated rings. The number of halogens is 8. The summed E-state index contributed by atoms with van der Waals surface area (Å²) < 4.78 is 78.8. The quantitative estimate of drug-likeness (QED) is 0.425. The summed E-state index contributed by atoms with van der Waals surface area (Å²) in [4.78, 5) is 5.63. The fourth-order valence-corrected chi connectivity index (χ4v) is 2.57. The van der Waals surface area contributed by atoms with Gasteiger partial charge in [-0.05, 0) is 0 Å². The number of fused-ring (bicyclic) bond motifs is 1. The summed E-state index contributed by atoms with van der Waals surface area (Å²) in [5.74, 6) is -2.66. The molecule has 1 atom stereocenters. The highest BCUT2D eigenvalue weighted by Crippen LogP contribution is 2.40. The number of anilines is 1. The van der Waals surface area contributed by atoms with Crippen LogP contribution < -0.4 is 5.73 Å². The van der Waals surface area contributed by atoms with Gasteiger partial charge in [-0.25, -0.2) is 14.6 Å². The zero-order valence-corrected chi connectivity index (χ0v) is 13.6. The SMILES string of the molecule is Nc1c2c(C(F)(F)F)nc(C(F)(F)F)nc2nn1C1=C(Cl)N=NC(Cl)C1. The molecule has 0 bridgehead atoms. The number of hydrogen-bond acceptors (Lipinski definition) is 6. The number of azo groups is 1. The van der Waals surface area contributed by atoms with Gasteiger partial charge in [0.1, 0.15) is 5.82 Å². The summed E-state index contributed by atoms with van der Waals surface area (Å²) >= 11 is 11.6. The molecule has 2 aromatic rings. The van der Waals surface area contributed by atoms with Crippen LogP contribution in [0.3, 0.4) is 0 Å². The molecule has 2 aromatic heterocycles. The predicted molar refractivity (Wildman–Crippen MR) is 77.9 cm³/mol. The molecule has 0 spiro atoms. The number of alkyl halides is 7. The van der Waals surface area contributed by atoms with Crippen molar-refractivity contribution in [3.05, 3.63) is 16.7 Å². The van der Waals surface area contributed by atoms with Gasteiger partial charge in [0.2, 0.25) is 5.82 Å². The zero-order chi connectivity index (χ0) is 19.4. The van der Waals surface area contributed by atoms with Gasteiger partial charge in [-0.15, -0.1) is 10.2 Å². The Morgan fingerprint density at radius 2 is 1.73 bits per heavy atom. The lowest BCUT2D eigenvalue weighted by molar-refractivity contribution is -0.151. The summed E-state index contributed by atoms with van der Waals surface area (Å²) in [7, 11) is 0. The molecule has 15 heteroatoms. The standard InChI is InChI=1S/C11H5Cl2F6N7/c12-3-1-2(6(13)24-23-3)26-7(20)4-5(10(14,15)16)21-9(11(17,18)19)22-8(4)25-26/h3H,1,20H2. The summed E-state index contributed by atoms with van der Waals surface area (Å²) in [5.41, 5.74) is 1.95. The number of nitrogens with zero attached hydrogens (tertiary/aromatic N) is 6. The van der Waals surface area contributed by atoms with E-state index in [0.717, 1.165) is 0 Å². The van der Waals surface area contributed by atoms with E-state index in [4.69, 9.17) is 28.9 Å². The van der Waals surface area contributed by atoms with Crippen LogP contribution in [0.5, 0.6) is 0 Å². The van der Waals surface area contributed by atoms with Gasteiger partial charge in [0.05, 0.1) is 11.1 Å². The molecule has 0 aromatic carbocycles. The van der Waals surface area contributed by atoms with E-state index in [0.29, 0.717) is 4.68 Å². The van der Waals surface area contributed by atoms with Crippen LogP contribution in [0.15, 0.2) is 15.4 Å². The predicted octanol–water partition coefficient (Wildman–Crippen LogP) is 4.23. The third-order valence-electron chi connectivity index (χ3n) is 3.22. The van der Waals surface area contributed by atoms with E-state index in [9.17, 15) is 26.3 Å². The van der Waals surface area contributed by atoms with Crippen molar-refractivity contribution < 1.29 is 26.3 Å². The van der Waals surface area contributed by atoms with Crippen molar-refractivity contribution >= 4 is 45.8 Å². The Morgan fingerprint density at radius 3 is 2.31 bits per heavy atom. The van der Waals surface area contributed by atoms with Gasteiger partial charge in [-0.3, -0.25) is 0 Å². The molecule has 0 saturated heterocycles. The summed E-state index contributed by atoms with van der Waals surface area (Å²) in [6.07, 6.45) is -10.6. The van der Waals surface area contributed by atoms with Crippen molar-refractivity contribution in [3.63, 3.8) is 0 Å². The van der Waals surface area contributed by atoms with E-state index >= 15 is 0 Å². The van der Waals surface area contributed by atoms with E-state index in [1.807, 2.05) is 0 Å². The Bertz CT molecular complexity index is 945. The molecular formula is C11H5Cl2F6N7. The van der Waals surface area contributed by atoms with Gasteiger partial charge < -0.3 is 5.73 Å². The van der Waals surface area contributed by atoms with Crippen molar-refractivity contribution in [2.75, 3.05) is 5.73 Å². The first-order valence-electron chi connectivity index (χ1n) is 6.54. The number of rotatable bonds is 1. The second kappa shape index (κ2) is 5.94. The van der Waals surface area contributed by atoms with E-state index < -0.39 is 46.2 Å². The van der Waals surface area contributed by atoms with Crippen molar-refractivity contribution in [1.82, 2.24) is 19.7 Å². The smallest absolute Gasteiger partial charge is 0.383 e. The molecule has 3 rings (SSSR count). The molecule has 0 amide bonds. The topological polar surface area (TPSA) is 94.3 Å². The molecular weight excluding hydrogens is 415 g/mol. The van der Waals surface area contributed by atoms with Gasteiger partial charge in [-0.1, -0.05) is 23.2 Å². The first-order valence-corrected chi connectivity index (χ1v) is 7.35. The third-order valence-corrected chi connectivity index (χ3v) is 3.75. The highest BCUT2D eigenvalue weighted by Gasteiger charge is 2.43. The average molecular weight is 420 g/mol. The molecule has 0 radical (unpaired) electrons. The Kier molecular flexibility index (Phi) is 4.26. The van der Waals surface area contributed by atoms with Crippen LogP contribution in [-0.4, -0.2) is 25.2 Å². The maximum Gasteiger partial charge on any atom is 0.451 e. The molecule has 7 nitrogen and oxygen atoms in total. The monoisotopic (exact) mass is 419 g/mol. The molecule has 1 aliphatic heterocycles. The Balaban J connectivity index is 2.34. The lowest BCUT2D eigenvalue weighted by atomic mass is 10.2. The first kappa shape index (κ1) is 18.6. The maximum atomic E-state index is 13.2. The number of aromatic nitrogens is 4. The largest absolute Gasteiger partial charge is 0.451 e. The highest BCUT2D eigenvalue weighted by atomic mass is 35.5. The minimum atomic E-state index is -5.23. The summed E-state index contributed by atoms with van der Waals surface area (Å²) in [6, 6.07) is 0. The van der Waals surface area contributed by atoms with Gasteiger partial charge in [0.15, 0.2) is 22.0 Å². The van der Waals surface area contributed by atoms with E-state index in [1.54, 1.807) is 0 Å². The number of hydrogen-bond donors (Lipinski definition) is 1. The van der Waals surface area contributed by atoms with Gasteiger partial charge in [-0.2, -0.15) is 31.5 Å². The lowest BCUT2D eigenvalue weighted by Crippen LogP contribution is -2.17. The van der Waals surface area contributed by atoms with Crippen LogP contribution in [0.1, 0.15) is 17.9 Å². The van der Waals surface area contributed by atoms with E-state index in [-0.39, 0.29) is 17.3 Å². The van der Waals surface area contributed by atoms with Crippen LogP contribution in [-0.2, 0) is 12.4 Å². The average Bonchev–Trinajstić information content (AvgIpc) is 2.84. The molecule has 26 heavy (non-hydrogen) atoms. The zero-order valence-electron chi connectivity index (χ0n) is 12.1. The third kappa shape index (κ3) is 3.16. The molecule has 1 aliphatic rings. The van der Waals surface area contributed by atoms with E-state index in [1.165, 1.54) is 0 Å². The van der Waals surface area contributed by atoms with Crippen LogP contribution in [0.2, 0.25) is 0 Å². The van der Waals surface area contributed by atoms with Gasteiger partial charge in [0, 0.05) is 6.42 Å².